The van der Waals surface area contributed by atoms with E-state index < -0.39 is 0 Å². The van der Waals surface area contributed by atoms with Crippen LogP contribution in [-0.2, 0) is 17.9 Å². The summed E-state index contributed by atoms with van der Waals surface area (Å²) in [6, 6.07) is 2.86. The van der Waals surface area contributed by atoms with Gasteiger partial charge >= 0.3 is 0 Å². The number of hydrogen-bond donors (Lipinski definition) is 1. The predicted octanol–water partition coefficient (Wildman–Crippen LogP) is -0.506. The van der Waals surface area contributed by atoms with Crippen LogP contribution in [0.1, 0.15) is 24.5 Å². The van der Waals surface area contributed by atoms with E-state index in [1.807, 2.05) is 0 Å². The lowest BCUT2D eigenvalue weighted by Crippen LogP contribution is -2.35. The summed E-state index contributed by atoms with van der Waals surface area (Å²) in [5, 5.41) is 2.67. The van der Waals surface area contributed by atoms with E-state index >= 15 is 0 Å². The molecule has 0 bridgehead atoms. The van der Waals surface area contributed by atoms with E-state index in [9.17, 15) is 14.4 Å². The SMILES string of the molecule is O=C(Cn1cnccc1=O)NCCn1cnc(C2CC2)cc1=O. The molecule has 1 fully saturated rings. The average molecular weight is 315 g/mol. The van der Waals surface area contributed by atoms with Gasteiger partial charge in [-0.2, -0.15) is 0 Å². The van der Waals surface area contributed by atoms with Crippen molar-refractivity contribution >= 4 is 5.91 Å². The fourth-order valence-electron chi connectivity index (χ4n) is 2.23. The van der Waals surface area contributed by atoms with Gasteiger partial charge in [-0.15, -0.1) is 0 Å². The van der Waals surface area contributed by atoms with Crippen LogP contribution < -0.4 is 16.4 Å². The zero-order valence-corrected chi connectivity index (χ0v) is 12.5. The molecule has 8 heteroatoms. The Kier molecular flexibility index (Phi) is 4.31. The normalized spacial score (nSPS) is 13.7. The summed E-state index contributed by atoms with van der Waals surface area (Å²) in [6.07, 6.45) is 6.41. The maximum Gasteiger partial charge on any atom is 0.253 e. The molecule has 0 saturated heterocycles. The third-order valence-electron chi connectivity index (χ3n) is 3.68. The molecule has 8 nitrogen and oxygen atoms in total. The van der Waals surface area contributed by atoms with Gasteiger partial charge in [0.15, 0.2) is 0 Å². The Balaban J connectivity index is 1.51. The van der Waals surface area contributed by atoms with Crippen LogP contribution in [0.5, 0.6) is 0 Å². The monoisotopic (exact) mass is 315 g/mol. The van der Waals surface area contributed by atoms with Crippen molar-refractivity contribution in [3.63, 3.8) is 0 Å². The standard InChI is InChI=1S/C15H17N5O3/c21-13(8-20-9-16-4-3-14(20)22)17-5-6-19-10-18-12(7-15(19)23)11-1-2-11/h3-4,7,9-11H,1-2,5-6,8H2,(H,17,21). The topological polar surface area (TPSA) is 98.9 Å². The second-order valence-electron chi connectivity index (χ2n) is 5.52. The molecule has 0 aromatic carbocycles. The minimum Gasteiger partial charge on any atom is -0.353 e. The van der Waals surface area contributed by atoms with Crippen molar-refractivity contribution in [1.82, 2.24) is 24.4 Å². The first-order chi connectivity index (χ1) is 11.1. The smallest absolute Gasteiger partial charge is 0.253 e. The third kappa shape index (κ3) is 3.91. The Bertz CT molecular complexity index is 822. The van der Waals surface area contributed by atoms with Crippen LogP contribution in [-0.4, -0.2) is 31.6 Å². The van der Waals surface area contributed by atoms with Gasteiger partial charge in [-0.1, -0.05) is 0 Å². The van der Waals surface area contributed by atoms with E-state index in [2.05, 4.69) is 15.3 Å². The molecule has 1 aliphatic carbocycles. The van der Waals surface area contributed by atoms with Crippen molar-refractivity contribution in [1.29, 1.82) is 0 Å². The van der Waals surface area contributed by atoms with Crippen molar-refractivity contribution < 1.29 is 4.79 Å². The third-order valence-corrected chi connectivity index (χ3v) is 3.68. The van der Waals surface area contributed by atoms with E-state index in [-0.39, 0.29) is 30.1 Å². The number of hydrogen-bond acceptors (Lipinski definition) is 5. The maximum absolute atomic E-state index is 11.9. The van der Waals surface area contributed by atoms with Gasteiger partial charge in [-0.05, 0) is 12.8 Å². The van der Waals surface area contributed by atoms with E-state index in [0.717, 1.165) is 18.5 Å². The largest absolute Gasteiger partial charge is 0.353 e. The summed E-state index contributed by atoms with van der Waals surface area (Å²) in [6.45, 7) is 0.531. The van der Waals surface area contributed by atoms with Crippen molar-refractivity contribution in [3.8, 4) is 0 Å². The summed E-state index contributed by atoms with van der Waals surface area (Å²) < 4.78 is 2.68. The molecule has 1 N–H and O–H groups in total. The lowest BCUT2D eigenvalue weighted by atomic mass is 10.3. The summed E-state index contributed by atoms with van der Waals surface area (Å²) in [5.41, 5.74) is 0.456. The maximum atomic E-state index is 11.9. The minimum absolute atomic E-state index is 0.0968. The molecule has 0 unspecified atom stereocenters. The molecule has 120 valence electrons. The molecule has 0 aliphatic heterocycles. The first-order valence-corrected chi connectivity index (χ1v) is 7.47. The first kappa shape index (κ1) is 15.1. The molecular weight excluding hydrogens is 298 g/mol. The number of carbonyl (C=O) groups is 1. The van der Waals surface area contributed by atoms with E-state index in [1.165, 1.54) is 34.1 Å². The van der Waals surface area contributed by atoms with Crippen molar-refractivity contribution in [2.24, 2.45) is 0 Å². The fraction of sp³-hybridized carbons (Fsp3) is 0.400. The van der Waals surface area contributed by atoms with Crippen molar-refractivity contribution in [3.05, 3.63) is 57.4 Å². The van der Waals surface area contributed by atoms with Crippen LogP contribution in [0.4, 0.5) is 0 Å². The van der Waals surface area contributed by atoms with Gasteiger partial charge in [-0.3, -0.25) is 23.5 Å². The molecule has 0 atom stereocenters. The number of nitrogens with one attached hydrogen (secondary N) is 1. The number of aromatic nitrogens is 4. The second kappa shape index (κ2) is 6.55. The highest BCUT2D eigenvalue weighted by Gasteiger charge is 2.25. The molecule has 0 radical (unpaired) electrons. The molecule has 0 spiro atoms. The fourth-order valence-corrected chi connectivity index (χ4v) is 2.23. The Morgan fingerprint density at radius 3 is 2.74 bits per heavy atom. The zero-order chi connectivity index (χ0) is 16.2. The molecule has 1 saturated carbocycles. The lowest BCUT2D eigenvalue weighted by molar-refractivity contribution is -0.121. The molecular formula is C15H17N5O3. The van der Waals surface area contributed by atoms with Crippen LogP contribution in [0, 0.1) is 0 Å². The van der Waals surface area contributed by atoms with Crippen LogP contribution >= 0.6 is 0 Å². The first-order valence-electron chi connectivity index (χ1n) is 7.47. The zero-order valence-electron chi connectivity index (χ0n) is 12.5. The Morgan fingerprint density at radius 1 is 1.22 bits per heavy atom. The van der Waals surface area contributed by atoms with Crippen LogP contribution in [0.3, 0.4) is 0 Å². The molecule has 23 heavy (non-hydrogen) atoms. The summed E-state index contributed by atoms with van der Waals surface area (Å²) in [4.78, 5) is 43.3. The second-order valence-corrected chi connectivity index (χ2v) is 5.52. The van der Waals surface area contributed by atoms with Crippen molar-refractivity contribution in [2.75, 3.05) is 6.54 Å². The van der Waals surface area contributed by atoms with E-state index in [0.29, 0.717) is 12.5 Å². The predicted molar refractivity (Wildman–Crippen MR) is 82.0 cm³/mol. The van der Waals surface area contributed by atoms with Gasteiger partial charge in [0.25, 0.3) is 11.1 Å². The number of carbonyl (C=O) groups excluding carboxylic acids is 1. The highest BCUT2D eigenvalue weighted by atomic mass is 16.2. The van der Waals surface area contributed by atoms with Gasteiger partial charge in [0.2, 0.25) is 5.91 Å². The van der Waals surface area contributed by atoms with Crippen LogP contribution in [0.15, 0.2) is 40.6 Å². The molecule has 2 aromatic heterocycles. The number of rotatable bonds is 6. The van der Waals surface area contributed by atoms with Gasteiger partial charge in [0.1, 0.15) is 6.54 Å². The highest BCUT2D eigenvalue weighted by molar-refractivity contribution is 5.75. The van der Waals surface area contributed by atoms with E-state index in [1.54, 1.807) is 6.07 Å². The lowest BCUT2D eigenvalue weighted by Gasteiger charge is -2.08. The highest BCUT2D eigenvalue weighted by Crippen LogP contribution is 2.38. The molecule has 3 rings (SSSR count). The quantitative estimate of drug-likeness (QED) is 0.774. The van der Waals surface area contributed by atoms with Gasteiger partial charge in [0, 0.05) is 37.3 Å². The minimum atomic E-state index is -0.310. The Labute approximate surface area is 131 Å². The molecule has 2 aromatic rings. The van der Waals surface area contributed by atoms with E-state index in [4.69, 9.17) is 0 Å². The van der Waals surface area contributed by atoms with Gasteiger partial charge in [0.05, 0.1) is 18.3 Å². The van der Waals surface area contributed by atoms with Crippen LogP contribution in [0.2, 0.25) is 0 Å². The number of amides is 1. The molecule has 1 amide bonds. The summed E-state index contributed by atoms with van der Waals surface area (Å²) in [7, 11) is 0. The number of nitrogens with zero attached hydrogens (tertiary/aromatic N) is 4. The molecule has 1 aliphatic rings. The van der Waals surface area contributed by atoms with Crippen LogP contribution in [0.25, 0.3) is 0 Å². The van der Waals surface area contributed by atoms with Gasteiger partial charge in [-0.25, -0.2) is 9.97 Å². The summed E-state index contributed by atoms with van der Waals surface area (Å²) in [5.74, 6) is 0.130. The Hall–Kier alpha value is -2.77. The summed E-state index contributed by atoms with van der Waals surface area (Å²) >= 11 is 0. The Morgan fingerprint density at radius 2 is 2.04 bits per heavy atom. The molecule has 2 heterocycles. The van der Waals surface area contributed by atoms with Gasteiger partial charge < -0.3 is 5.32 Å². The van der Waals surface area contributed by atoms with Crippen molar-refractivity contribution in [2.45, 2.75) is 31.8 Å². The average Bonchev–Trinajstić information content (AvgIpc) is 3.36.